The number of halogens is 1. The van der Waals surface area contributed by atoms with E-state index in [0.717, 1.165) is 0 Å². The summed E-state index contributed by atoms with van der Waals surface area (Å²) in [5, 5.41) is 11.9. The van der Waals surface area contributed by atoms with Crippen molar-refractivity contribution in [3.05, 3.63) is 28.8 Å². The van der Waals surface area contributed by atoms with Crippen LogP contribution in [0, 0.1) is 5.92 Å². The summed E-state index contributed by atoms with van der Waals surface area (Å²) in [4.78, 5) is 22.9. The lowest BCUT2D eigenvalue weighted by Gasteiger charge is -2.15. The van der Waals surface area contributed by atoms with Gasteiger partial charge in [-0.05, 0) is 30.5 Å². The average molecular weight is 285 g/mol. The molecule has 0 unspecified atom stereocenters. The van der Waals surface area contributed by atoms with Crippen LogP contribution in [0.2, 0.25) is 5.02 Å². The lowest BCUT2D eigenvalue weighted by atomic mass is 10.0. The van der Waals surface area contributed by atoms with Crippen molar-refractivity contribution in [1.82, 2.24) is 0 Å². The number of hydrogen-bond acceptors (Lipinski definition) is 3. The lowest BCUT2D eigenvalue weighted by Crippen LogP contribution is -2.37. The zero-order chi connectivity index (χ0) is 14.6. The van der Waals surface area contributed by atoms with Gasteiger partial charge >= 0.3 is 5.97 Å². The molecule has 1 atom stereocenters. The Bertz CT molecular complexity index is 489. The van der Waals surface area contributed by atoms with Gasteiger partial charge in [0.15, 0.2) is 0 Å². The number of nitrogens with one attached hydrogen (secondary N) is 1. The van der Waals surface area contributed by atoms with Gasteiger partial charge in [-0.1, -0.05) is 25.4 Å². The highest BCUT2D eigenvalue weighted by atomic mass is 35.5. The van der Waals surface area contributed by atoms with Crippen LogP contribution in [0.25, 0.3) is 0 Å². The molecule has 0 aromatic heterocycles. The lowest BCUT2D eigenvalue weighted by molar-refractivity contribution is -0.117. The largest absolute Gasteiger partial charge is 0.478 e. The normalized spacial score (nSPS) is 12.3. The molecule has 0 spiro atoms. The fourth-order valence-corrected chi connectivity index (χ4v) is 1.82. The molecule has 5 nitrogen and oxygen atoms in total. The van der Waals surface area contributed by atoms with Crippen LogP contribution in [0.15, 0.2) is 18.2 Å². The first kappa shape index (κ1) is 15.5. The van der Waals surface area contributed by atoms with E-state index >= 15 is 0 Å². The van der Waals surface area contributed by atoms with Crippen molar-refractivity contribution in [2.24, 2.45) is 11.7 Å². The summed E-state index contributed by atoms with van der Waals surface area (Å²) in [6, 6.07) is 3.51. The topological polar surface area (TPSA) is 92.4 Å². The molecule has 6 heteroatoms. The predicted molar refractivity (Wildman–Crippen MR) is 74.5 cm³/mol. The van der Waals surface area contributed by atoms with Gasteiger partial charge < -0.3 is 16.2 Å². The van der Waals surface area contributed by atoms with Gasteiger partial charge in [-0.15, -0.1) is 0 Å². The number of hydrogen-bond donors (Lipinski definition) is 3. The first-order valence-electron chi connectivity index (χ1n) is 5.90. The highest BCUT2D eigenvalue weighted by Crippen LogP contribution is 2.21. The van der Waals surface area contributed by atoms with E-state index in [-0.39, 0.29) is 17.2 Å². The number of carboxylic acid groups (broad SMARTS) is 1. The molecule has 0 saturated carbocycles. The maximum Gasteiger partial charge on any atom is 0.337 e. The third-order valence-electron chi connectivity index (χ3n) is 2.53. The monoisotopic (exact) mass is 284 g/mol. The summed E-state index contributed by atoms with van der Waals surface area (Å²) in [5.41, 5.74) is 5.88. The molecule has 104 valence electrons. The fraction of sp³-hybridized carbons (Fsp3) is 0.385. The molecule has 0 fully saturated rings. The van der Waals surface area contributed by atoms with Gasteiger partial charge in [-0.25, -0.2) is 4.79 Å². The van der Waals surface area contributed by atoms with Crippen molar-refractivity contribution in [3.8, 4) is 0 Å². The molecule has 0 aliphatic rings. The number of nitrogens with two attached hydrogens (primary N) is 1. The number of anilines is 1. The number of aromatic carboxylic acids is 1. The maximum atomic E-state index is 11.9. The molecule has 1 amide bonds. The van der Waals surface area contributed by atoms with Crippen molar-refractivity contribution < 1.29 is 14.7 Å². The zero-order valence-corrected chi connectivity index (χ0v) is 11.6. The second-order valence-corrected chi connectivity index (χ2v) is 5.16. The second kappa shape index (κ2) is 6.54. The van der Waals surface area contributed by atoms with Crippen molar-refractivity contribution in [3.63, 3.8) is 0 Å². The summed E-state index contributed by atoms with van der Waals surface area (Å²) in [6.45, 7) is 3.91. The minimum absolute atomic E-state index is 0.0190. The molecule has 0 bridgehead atoms. The Morgan fingerprint density at radius 1 is 1.42 bits per heavy atom. The number of benzene rings is 1. The average Bonchev–Trinajstić information content (AvgIpc) is 2.27. The molecular formula is C13H17ClN2O3. The van der Waals surface area contributed by atoms with Gasteiger partial charge in [-0.2, -0.15) is 0 Å². The Morgan fingerprint density at radius 3 is 2.58 bits per heavy atom. The van der Waals surface area contributed by atoms with Gasteiger partial charge in [0, 0.05) is 5.02 Å². The molecule has 4 N–H and O–H groups in total. The van der Waals surface area contributed by atoms with Crippen LogP contribution in [0.1, 0.15) is 30.6 Å². The van der Waals surface area contributed by atoms with Gasteiger partial charge in [0.1, 0.15) is 0 Å². The summed E-state index contributed by atoms with van der Waals surface area (Å²) in [5.74, 6) is -1.28. The molecule has 1 aromatic carbocycles. The number of carbonyl (C=O) groups excluding carboxylic acids is 1. The van der Waals surface area contributed by atoms with Gasteiger partial charge in [0.2, 0.25) is 5.91 Å². The van der Waals surface area contributed by atoms with Crippen molar-refractivity contribution in [2.75, 3.05) is 5.32 Å². The van der Waals surface area contributed by atoms with Crippen LogP contribution in [0.3, 0.4) is 0 Å². The molecule has 0 heterocycles. The zero-order valence-electron chi connectivity index (χ0n) is 10.8. The Hall–Kier alpha value is -1.59. The molecule has 0 saturated heterocycles. The third-order valence-corrected chi connectivity index (χ3v) is 2.77. The minimum atomic E-state index is -1.13. The van der Waals surface area contributed by atoms with Crippen LogP contribution in [-0.4, -0.2) is 23.0 Å². The highest BCUT2D eigenvalue weighted by molar-refractivity contribution is 6.31. The summed E-state index contributed by atoms with van der Waals surface area (Å²) < 4.78 is 0. The predicted octanol–water partition coefficient (Wildman–Crippen LogP) is 2.35. The first-order valence-corrected chi connectivity index (χ1v) is 6.28. The van der Waals surface area contributed by atoms with Gasteiger partial charge in [-0.3, -0.25) is 4.79 Å². The SMILES string of the molecule is CC(C)C[C@@H](N)C(=O)Nc1cc(Cl)ccc1C(=O)O. The van der Waals surface area contributed by atoms with Gasteiger partial charge in [0.05, 0.1) is 17.3 Å². The summed E-state index contributed by atoms with van der Waals surface area (Å²) in [6.07, 6.45) is 0.523. The molecule has 1 rings (SSSR count). The van der Waals surface area contributed by atoms with E-state index in [0.29, 0.717) is 11.4 Å². The Labute approximate surface area is 116 Å². The van der Waals surface area contributed by atoms with Crippen molar-refractivity contribution >= 4 is 29.2 Å². The van der Waals surface area contributed by atoms with Crippen molar-refractivity contribution in [2.45, 2.75) is 26.3 Å². The Morgan fingerprint density at radius 2 is 2.05 bits per heavy atom. The van der Waals surface area contributed by atoms with Crippen LogP contribution < -0.4 is 11.1 Å². The Kier molecular flexibility index (Phi) is 5.32. The highest BCUT2D eigenvalue weighted by Gasteiger charge is 2.18. The summed E-state index contributed by atoms with van der Waals surface area (Å²) in [7, 11) is 0. The first-order chi connectivity index (χ1) is 8.81. The van der Waals surface area contributed by atoms with Gasteiger partial charge in [0.25, 0.3) is 0 Å². The molecule has 1 aromatic rings. The minimum Gasteiger partial charge on any atom is -0.478 e. The van der Waals surface area contributed by atoms with E-state index in [1.54, 1.807) is 0 Å². The van der Waals surface area contributed by atoms with Crippen LogP contribution in [0.5, 0.6) is 0 Å². The van der Waals surface area contributed by atoms with E-state index in [4.69, 9.17) is 22.4 Å². The Balaban J connectivity index is 2.89. The van der Waals surface area contributed by atoms with Crippen LogP contribution in [-0.2, 0) is 4.79 Å². The molecular weight excluding hydrogens is 268 g/mol. The van der Waals surface area contributed by atoms with E-state index in [9.17, 15) is 9.59 Å². The maximum absolute atomic E-state index is 11.9. The molecule has 0 aliphatic carbocycles. The third kappa shape index (κ3) is 4.54. The van der Waals surface area contributed by atoms with E-state index < -0.39 is 17.9 Å². The number of rotatable bonds is 5. The van der Waals surface area contributed by atoms with Crippen molar-refractivity contribution in [1.29, 1.82) is 0 Å². The van der Waals surface area contributed by atoms with E-state index in [1.807, 2.05) is 13.8 Å². The molecule has 19 heavy (non-hydrogen) atoms. The van der Waals surface area contributed by atoms with Crippen LogP contribution in [0.4, 0.5) is 5.69 Å². The summed E-state index contributed by atoms with van der Waals surface area (Å²) >= 11 is 5.79. The van der Waals surface area contributed by atoms with E-state index in [1.165, 1.54) is 18.2 Å². The standard InChI is InChI=1S/C13H17ClN2O3/c1-7(2)5-10(15)12(17)16-11-6-8(14)3-4-9(11)13(18)19/h3-4,6-7,10H,5,15H2,1-2H3,(H,16,17)(H,18,19)/t10-/m1/s1. The molecule has 0 aliphatic heterocycles. The number of amides is 1. The van der Waals surface area contributed by atoms with Crippen LogP contribution >= 0.6 is 11.6 Å². The number of carbonyl (C=O) groups is 2. The fourth-order valence-electron chi connectivity index (χ4n) is 1.65. The smallest absolute Gasteiger partial charge is 0.337 e. The van der Waals surface area contributed by atoms with E-state index in [2.05, 4.69) is 5.32 Å². The second-order valence-electron chi connectivity index (χ2n) is 4.72. The quantitative estimate of drug-likeness (QED) is 0.774. The molecule has 0 radical (unpaired) electrons. The number of carboxylic acids is 1.